The molecule has 1 aromatic carbocycles. The second kappa shape index (κ2) is 10.5. The van der Waals surface area contributed by atoms with Gasteiger partial charge in [-0.3, -0.25) is 0 Å². The van der Waals surface area contributed by atoms with Gasteiger partial charge in [0.15, 0.2) is 0 Å². The Kier molecular flexibility index (Phi) is 8.19. The molecule has 5 atom stereocenters. The van der Waals surface area contributed by atoms with Gasteiger partial charge in [0.1, 0.15) is 30.2 Å². The van der Waals surface area contributed by atoms with Crippen LogP contribution in [-0.4, -0.2) is 63.0 Å². The van der Waals surface area contributed by atoms with Crippen LogP contribution in [0, 0.1) is 0 Å². The molecule has 172 valence electrons. The van der Waals surface area contributed by atoms with Crippen LogP contribution in [-0.2, 0) is 9.53 Å². The summed E-state index contributed by atoms with van der Waals surface area (Å²) in [5, 5.41) is 41.4. The first-order valence-corrected chi connectivity index (χ1v) is 11.2. The number of halogens is 2. The Bertz CT molecular complexity index is 905. The number of aliphatic carboxylic acids is 1. The number of hydrogen-bond donors (Lipinski definition) is 5. The summed E-state index contributed by atoms with van der Waals surface area (Å²) < 4.78 is 11.1. The zero-order chi connectivity index (χ0) is 22.7. The van der Waals surface area contributed by atoms with Gasteiger partial charge in [-0.1, -0.05) is 18.0 Å². The Morgan fingerprint density at radius 1 is 1.19 bits per heavy atom. The van der Waals surface area contributed by atoms with Crippen molar-refractivity contribution in [2.24, 2.45) is 0 Å². The summed E-state index contributed by atoms with van der Waals surface area (Å²) in [6.07, 6.45) is -0.0850. The highest BCUT2D eigenvalue weighted by Gasteiger charge is 2.45. The van der Waals surface area contributed by atoms with Crippen molar-refractivity contribution in [3.05, 3.63) is 27.8 Å². The molecule has 1 unspecified atom stereocenters. The van der Waals surface area contributed by atoms with E-state index in [1.54, 1.807) is 12.1 Å². The summed E-state index contributed by atoms with van der Waals surface area (Å²) in [6.45, 7) is 0. The predicted molar refractivity (Wildman–Crippen MR) is 113 cm³/mol. The maximum atomic E-state index is 11.0. The first-order chi connectivity index (χ1) is 14.7. The molecule has 7 N–H and O–H groups in total. The van der Waals surface area contributed by atoms with Crippen LogP contribution in [0.3, 0.4) is 0 Å². The number of benzene rings is 1. The number of carboxylic acid groups (broad SMARTS) is 1. The zero-order valence-electron chi connectivity index (χ0n) is 16.7. The maximum Gasteiger partial charge on any atom is 0.229 e. The molecule has 0 radical (unpaired) electrons. The van der Waals surface area contributed by atoms with E-state index in [0.29, 0.717) is 20.4 Å². The number of H-pyrrole nitrogens is 1. The highest BCUT2D eigenvalue weighted by Crippen LogP contribution is 2.34. The van der Waals surface area contributed by atoms with Crippen LogP contribution < -0.4 is 15.6 Å². The van der Waals surface area contributed by atoms with Crippen LogP contribution in [0.2, 0.25) is 5.02 Å². The van der Waals surface area contributed by atoms with Gasteiger partial charge >= 0.3 is 0 Å². The minimum absolute atomic E-state index is 0.243. The lowest BCUT2D eigenvalue weighted by atomic mass is 9.97. The number of aromatic amines is 1. The van der Waals surface area contributed by atoms with Gasteiger partial charge in [-0.15, -0.1) is 0 Å². The molecule has 31 heavy (non-hydrogen) atoms. The van der Waals surface area contributed by atoms with Crippen molar-refractivity contribution < 1.29 is 40.4 Å². The molecular weight excluding hydrogens is 496 g/mol. The molecule has 0 spiro atoms. The molecule has 2 fully saturated rings. The summed E-state index contributed by atoms with van der Waals surface area (Å²) in [4.78, 5) is 13.9. The number of fused-ring (bicyclic) bond motifs is 1. The van der Waals surface area contributed by atoms with E-state index in [0.717, 1.165) is 6.04 Å². The summed E-state index contributed by atoms with van der Waals surface area (Å²) in [5.74, 6) is -1.48. The fourth-order valence-electron chi connectivity index (χ4n) is 3.64. The first kappa shape index (κ1) is 24.2. The predicted octanol–water partition coefficient (Wildman–Crippen LogP) is 0.0811. The molecule has 9 nitrogen and oxygen atoms in total. The van der Waals surface area contributed by atoms with Crippen molar-refractivity contribution in [2.45, 2.75) is 68.9 Å². The standard InChI is InChI=1S/C14H13BrClNO7.C6H13N/c15-5-1-4-7(2-6(5)16)17-3-8(4)23-14-11(20)9(18)10(19)12(24-14)13(21)22;7-6-4-2-1-3-5-6/h1-3,9-12,14,17-20H,(H,21,22);6H,1-5,7H2/t9-,10-,11+,12-,14?;/m0./s1. The zero-order valence-corrected chi connectivity index (χ0v) is 19.0. The summed E-state index contributed by atoms with van der Waals surface area (Å²) in [6, 6.07) is 4.10. The third-order valence-electron chi connectivity index (χ3n) is 5.45. The van der Waals surface area contributed by atoms with Crippen molar-refractivity contribution in [1.82, 2.24) is 4.98 Å². The maximum absolute atomic E-state index is 11.0. The average molecular weight is 522 g/mol. The molecule has 2 aromatic rings. The lowest BCUT2D eigenvalue weighted by Gasteiger charge is -2.40. The number of aliphatic hydroxyl groups is 3. The van der Waals surface area contributed by atoms with E-state index in [1.165, 1.54) is 38.3 Å². The number of hydrogen-bond acceptors (Lipinski definition) is 7. The lowest BCUT2D eigenvalue weighted by Crippen LogP contribution is -2.63. The Labute approximate surface area is 192 Å². The normalized spacial score (nSPS) is 29.3. The number of ether oxygens (including phenoxy) is 2. The van der Waals surface area contributed by atoms with Crippen molar-refractivity contribution in [1.29, 1.82) is 0 Å². The second-order valence-corrected chi connectivity index (χ2v) is 9.06. The number of quaternary nitrogens is 1. The molecule has 2 heterocycles. The molecule has 1 aliphatic carbocycles. The molecule has 0 amide bonds. The SMILES string of the molecule is O=C([O-])[C@H]1OC(Oc2c[nH]c3cc(Cl)c(Br)cc23)[C@H](O)[C@@H](O)[C@@H]1O.[NH3+]C1CCCCC1. The van der Waals surface area contributed by atoms with Crippen LogP contribution in [0.5, 0.6) is 5.75 Å². The van der Waals surface area contributed by atoms with E-state index >= 15 is 0 Å². The minimum Gasteiger partial charge on any atom is -0.547 e. The van der Waals surface area contributed by atoms with Crippen LogP contribution in [0.15, 0.2) is 22.8 Å². The largest absolute Gasteiger partial charge is 0.547 e. The molecule has 0 bridgehead atoms. The van der Waals surface area contributed by atoms with Gasteiger partial charge in [-0.25, -0.2) is 0 Å². The number of aliphatic hydroxyl groups excluding tert-OH is 3. The topological polar surface area (TPSA) is 163 Å². The number of carbonyl (C=O) groups excluding carboxylic acids is 1. The highest BCUT2D eigenvalue weighted by molar-refractivity contribution is 9.10. The first-order valence-electron chi connectivity index (χ1n) is 10.1. The average Bonchev–Trinajstić information content (AvgIpc) is 3.11. The summed E-state index contributed by atoms with van der Waals surface area (Å²) >= 11 is 9.27. The third-order valence-corrected chi connectivity index (χ3v) is 6.65. The van der Waals surface area contributed by atoms with Gasteiger partial charge in [-0.05, 0) is 53.7 Å². The Morgan fingerprint density at radius 2 is 1.87 bits per heavy atom. The van der Waals surface area contributed by atoms with Gasteiger partial charge in [0.25, 0.3) is 0 Å². The van der Waals surface area contributed by atoms with Crippen molar-refractivity contribution in [3.63, 3.8) is 0 Å². The highest BCUT2D eigenvalue weighted by atomic mass is 79.9. The molecule has 1 aromatic heterocycles. The molecule has 11 heteroatoms. The van der Waals surface area contributed by atoms with Crippen LogP contribution in [0.25, 0.3) is 10.9 Å². The molecule has 1 aliphatic heterocycles. The van der Waals surface area contributed by atoms with E-state index in [4.69, 9.17) is 21.1 Å². The second-order valence-electron chi connectivity index (χ2n) is 7.80. The molecule has 1 saturated heterocycles. The summed E-state index contributed by atoms with van der Waals surface area (Å²) in [7, 11) is 0. The number of carbonyl (C=O) groups is 1. The fraction of sp³-hybridized carbons (Fsp3) is 0.550. The molecule has 4 rings (SSSR count). The third kappa shape index (κ3) is 5.70. The van der Waals surface area contributed by atoms with Crippen LogP contribution >= 0.6 is 27.5 Å². The molecule has 2 aliphatic rings. The number of aromatic nitrogens is 1. The number of rotatable bonds is 3. The molecule has 1 saturated carbocycles. The Balaban J connectivity index is 0.000000330. The van der Waals surface area contributed by atoms with Gasteiger partial charge < -0.3 is 45.4 Å². The fourth-order valence-corrected chi connectivity index (χ4v) is 4.15. The van der Waals surface area contributed by atoms with Gasteiger partial charge in [0, 0.05) is 16.1 Å². The van der Waals surface area contributed by atoms with E-state index in [9.17, 15) is 25.2 Å². The smallest absolute Gasteiger partial charge is 0.229 e. The van der Waals surface area contributed by atoms with Gasteiger partial charge in [0.2, 0.25) is 6.29 Å². The van der Waals surface area contributed by atoms with E-state index in [-0.39, 0.29) is 5.75 Å². The minimum atomic E-state index is -1.83. The van der Waals surface area contributed by atoms with E-state index in [2.05, 4.69) is 26.6 Å². The monoisotopic (exact) mass is 520 g/mol. The van der Waals surface area contributed by atoms with Crippen molar-refractivity contribution >= 4 is 44.4 Å². The Hall–Kier alpha value is -1.40. The van der Waals surface area contributed by atoms with Crippen molar-refractivity contribution in [3.8, 4) is 5.75 Å². The number of nitrogens with one attached hydrogen (secondary N) is 1. The summed E-state index contributed by atoms with van der Waals surface area (Å²) in [5.41, 5.74) is 4.64. The van der Waals surface area contributed by atoms with E-state index < -0.39 is 36.7 Å². The van der Waals surface area contributed by atoms with Crippen molar-refractivity contribution in [2.75, 3.05) is 0 Å². The number of carboxylic acids is 1. The van der Waals surface area contributed by atoms with E-state index in [1.807, 2.05) is 0 Å². The van der Waals surface area contributed by atoms with Crippen LogP contribution in [0.4, 0.5) is 0 Å². The lowest BCUT2D eigenvalue weighted by molar-refractivity contribution is -0.425. The molecular formula is C20H26BrClN2O7. The van der Waals surface area contributed by atoms with Gasteiger partial charge in [-0.2, -0.15) is 0 Å². The van der Waals surface area contributed by atoms with Crippen LogP contribution in [0.1, 0.15) is 32.1 Å². The van der Waals surface area contributed by atoms with Gasteiger partial charge in [0.05, 0.1) is 22.6 Å². The Morgan fingerprint density at radius 3 is 2.45 bits per heavy atom. The quantitative estimate of drug-likeness (QED) is 0.382.